The maximum atomic E-state index is 11.7. The summed E-state index contributed by atoms with van der Waals surface area (Å²) >= 11 is 5.54. The van der Waals surface area contributed by atoms with Gasteiger partial charge >= 0.3 is 6.09 Å². The first kappa shape index (κ1) is 14.0. The first-order chi connectivity index (χ1) is 8.10. The highest BCUT2D eigenvalue weighted by molar-refractivity contribution is 6.27. The van der Waals surface area contributed by atoms with Crippen LogP contribution in [0.2, 0.25) is 0 Å². The van der Waals surface area contributed by atoms with Crippen molar-refractivity contribution in [2.75, 3.05) is 19.0 Å². The Hall–Kier alpha value is -1.03. The molecule has 0 aromatic carbocycles. The van der Waals surface area contributed by atoms with Crippen molar-refractivity contribution in [3.63, 3.8) is 0 Å². The van der Waals surface area contributed by atoms with Crippen molar-refractivity contribution in [3.8, 4) is 0 Å². The van der Waals surface area contributed by atoms with E-state index in [9.17, 15) is 9.59 Å². The van der Waals surface area contributed by atoms with Crippen LogP contribution < -0.4 is 0 Å². The Balaban J connectivity index is 2.59. The van der Waals surface area contributed by atoms with E-state index in [1.165, 1.54) is 6.08 Å². The summed E-state index contributed by atoms with van der Waals surface area (Å²) in [5.41, 5.74) is 0. The molecule has 0 aromatic rings. The average molecular weight is 260 g/mol. The lowest BCUT2D eigenvalue weighted by Gasteiger charge is -2.36. The number of alkyl halides is 1. The molecule has 1 aliphatic heterocycles. The van der Waals surface area contributed by atoms with E-state index in [-0.39, 0.29) is 36.3 Å². The predicted molar refractivity (Wildman–Crippen MR) is 66.2 cm³/mol. The zero-order chi connectivity index (χ0) is 12.8. The van der Waals surface area contributed by atoms with Gasteiger partial charge in [-0.05, 0) is 19.8 Å². The van der Waals surface area contributed by atoms with Crippen LogP contribution in [0.1, 0.15) is 19.8 Å². The first-order valence-electron chi connectivity index (χ1n) is 5.73. The number of likely N-dealkylation sites (tertiary alicyclic amines) is 1. The number of carbonyl (C=O) groups is 2. The summed E-state index contributed by atoms with van der Waals surface area (Å²) in [4.78, 5) is 24.9. The van der Waals surface area contributed by atoms with E-state index < -0.39 is 0 Å². The fraction of sp³-hybridized carbons (Fsp3) is 0.667. The Morgan fingerprint density at radius 3 is 2.82 bits per heavy atom. The summed E-state index contributed by atoms with van der Waals surface area (Å²) in [5.74, 6) is -0.144. The van der Waals surface area contributed by atoms with E-state index in [0.717, 1.165) is 12.8 Å². The van der Waals surface area contributed by atoms with Crippen LogP contribution in [0.3, 0.4) is 0 Å². The van der Waals surface area contributed by atoms with E-state index in [1.54, 1.807) is 4.90 Å². The number of ketones is 1. The molecule has 0 aromatic heterocycles. The lowest BCUT2D eigenvalue weighted by atomic mass is 9.91. The van der Waals surface area contributed by atoms with Gasteiger partial charge in [-0.2, -0.15) is 0 Å². The summed E-state index contributed by atoms with van der Waals surface area (Å²) in [6.45, 7) is 6.04. The minimum atomic E-state index is -0.385. The highest BCUT2D eigenvalue weighted by atomic mass is 35.5. The van der Waals surface area contributed by atoms with Gasteiger partial charge in [-0.3, -0.25) is 4.79 Å². The standard InChI is InChI=1S/C12H18ClNO3/c1-3-6-17-12(16)14-8-10(11(15)7-13)5-4-9(14)2/h3,9-10H,1,4-8H2,2H3. The van der Waals surface area contributed by atoms with Gasteiger partial charge in [0.1, 0.15) is 6.61 Å². The van der Waals surface area contributed by atoms with Crippen molar-refractivity contribution in [1.29, 1.82) is 0 Å². The highest BCUT2D eigenvalue weighted by Crippen LogP contribution is 2.23. The van der Waals surface area contributed by atoms with Gasteiger partial charge in [0, 0.05) is 18.5 Å². The van der Waals surface area contributed by atoms with Crippen LogP contribution in [-0.2, 0) is 9.53 Å². The fourth-order valence-electron chi connectivity index (χ4n) is 1.95. The number of hydrogen-bond acceptors (Lipinski definition) is 3. The van der Waals surface area contributed by atoms with Crippen LogP contribution in [0.15, 0.2) is 12.7 Å². The molecule has 0 N–H and O–H groups in total. The molecule has 1 heterocycles. The third-order valence-electron chi connectivity index (χ3n) is 3.03. The smallest absolute Gasteiger partial charge is 0.410 e. The second kappa shape index (κ2) is 6.64. The van der Waals surface area contributed by atoms with Crippen LogP contribution in [0.4, 0.5) is 4.79 Å². The second-order valence-corrected chi connectivity index (χ2v) is 4.51. The normalized spacial score (nSPS) is 24.2. The molecule has 0 aliphatic carbocycles. The molecule has 17 heavy (non-hydrogen) atoms. The van der Waals surface area contributed by atoms with Gasteiger partial charge in [-0.25, -0.2) is 4.79 Å². The molecular weight excluding hydrogens is 242 g/mol. The molecule has 96 valence electrons. The SMILES string of the molecule is C=CCOC(=O)N1CC(C(=O)CCl)CCC1C. The fourth-order valence-corrected chi connectivity index (χ4v) is 2.16. The third kappa shape index (κ3) is 3.73. The lowest BCUT2D eigenvalue weighted by Crippen LogP contribution is -2.47. The molecule has 1 rings (SSSR count). The Morgan fingerprint density at radius 1 is 1.53 bits per heavy atom. The second-order valence-electron chi connectivity index (χ2n) is 4.24. The van der Waals surface area contributed by atoms with Crippen molar-refractivity contribution in [2.24, 2.45) is 5.92 Å². The maximum Gasteiger partial charge on any atom is 0.410 e. The van der Waals surface area contributed by atoms with Crippen molar-refractivity contribution >= 4 is 23.5 Å². The topological polar surface area (TPSA) is 46.6 Å². The van der Waals surface area contributed by atoms with E-state index in [2.05, 4.69) is 6.58 Å². The number of nitrogens with zero attached hydrogens (tertiary/aromatic N) is 1. The molecule has 1 amide bonds. The summed E-state index contributed by atoms with van der Waals surface area (Å²) in [6.07, 6.45) is 2.73. The molecule has 5 heteroatoms. The van der Waals surface area contributed by atoms with E-state index in [1.807, 2.05) is 6.92 Å². The third-order valence-corrected chi connectivity index (χ3v) is 3.29. The number of ether oxygens (including phenoxy) is 1. The molecule has 1 fully saturated rings. The number of piperidine rings is 1. The number of carbonyl (C=O) groups excluding carboxylic acids is 2. The van der Waals surface area contributed by atoms with Crippen molar-refractivity contribution < 1.29 is 14.3 Å². The van der Waals surface area contributed by atoms with Gasteiger partial charge in [0.15, 0.2) is 5.78 Å². The molecule has 1 aliphatic rings. The number of amides is 1. The molecule has 0 saturated carbocycles. The van der Waals surface area contributed by atoms with Gasteiger partial charge in [0.25, 0.3) is 0 Å². The van der Waals surface area contributed by atoms with Crippen LogP contribution in [0.5, 0.6) is 0 Å². The Morgan fingerprint density at radius 2 is 2.24 bits per heavy atom. The Kier molecular flexibility index (Phi) is 5.48. The summed E-state index contributed by atoms with van der Waals surface area (Å²) in [7, 11) is 0. The van der Waals surface area contributed by atoms with Gasteiger partial charge in [-0.1, -0.05) is 12.7 Å². The summed E-state index contributed by atoms with van der Waals surface area (Å²) in [6, 6.07) is 0.103. The van der Waals surface area contributed by atoms with Crippen LogP contribution in [0.25, 0.3) is 0 Å². The quantitative estimate of drug-likeness (QED) is 0.575. The van der Waals surface area contributed by atoms with Crippen LogP contribution >= 0.6 is 11.6 Å². The van der Waals surface area contributed by atoms with E-state index in [4.69, 9.17) is 16.3 Å². The maximum absolute atomic E-state index is 11.7. The van der Waals surface area contributed by atoms with E-state index >= 15 is 0 Å². The molecule has 0 radical (unpaired) electrons. The lowest BCUT2D eigenvalue weighted by molar-refractivity contribution is -0.122. The molecular formula is C12H18ClNO3. The van der Waals surface area contributed by atoms with E-state index in [0.29, 0.717) is 6.54 Å². The highest BCUT2D eigenvalue weighted by Gasteiger charge is 2.32. The molecule has 2 unspecified atom stereocenters. The van der Waals surface area contributed by atoms with Gasteiger partial charge < -0.3 is 9.64 Å². The zero-order valence-electron chi connectivity index (χ0n) is 10.0. The van der Waals surface area contributed by atoms with Crippen LogP contribution in [0, 0.1) is 5.92 Å². The Bertz CT molecular complexity index is 306. The largest absolute Gasteiger partial charge is 0.445 e. The molecule has 2 atom stereocenters. The summed E-state index contributed by atoms with van der Waals surface area (Å²) in [5, 5.41) is 0. The van der Waals surface area contributed by atoms with Crippen molar-refractivity contribution in [3.05, 3.63) is 12.7 Å². The number of hydrogen-bond donors (Lipinski definition) is 0. The minimum absolute atomic E-state index is 0.0000809. The first-order valence-corrected chi connectivity index (χ1v) is 6.26. The number of rotatable bonds is 4. The monoisotopic (exact) mass is 259 g/mol. The van der Waals surface area contributed by atoms with Gasteiger partial charge in [-0.15, -0.1) is 11.6 Å². The van der Waals surface area contributed by atoms with Crippen molar-refractivity contribution in [2.45, 2.75) is 25.8 Å². The van der Waals surface area contributed by atoms with Gasteiger partial charge in [0.2, 0.25) is 0 Å². The van der Waals surface area contributed by atoms with Crippen LogP contribution in [-0.4, -0.2) is 41.8 Å². The van der Waals surface area contributed by atoms with Gasteiger partial charge in [0.05, 0.1) is 5.88 Å². The molecule has 4 nitrogen and oxygen atoms in total. The number of Topliss-reactive ketones (excluding diaryl/α,β-unsaturated/α-hetero) is 1. The zero-order valence-corrected chi connectivity index (χ0v) is 10.8. The predicted octanol–water partition coefficient (Wildman–Crippen LogP) is 2.22. The average Bonchev–Trinajstić information content (AvgIpc) is 2.35. The molecule has 0 bridgehead atoms. The molecule has 0 spiro atoms. The number of halogens is 1. The van der Waals surface area contributed by atoms with Crippen molar-refractivity contribution in [1.82, 2.24) is 4.90 Å². The Labute approximate surface area is 107 Å². The molecule has 1 saturated heterocycles. The summed E-state index contributed by atoms with van der Waals surface area (Å²) < 4.78 is 4.99. The minimum Gasteiger partial charge on any atom is -0.445 e.